The Labute approximate surface area is 108 Å². The lowest BCUT2D eigenvalue weighted by atomic mass is 10.2. The highest BCUT2D eigenvalue weighted by Gasteiger charge is 2.02. The number of amides is 2. The SMILES string of the molecule is CCCCCNC(=O)Nc1ccc(C)c(Cl)c1. The van der Waals surface area contributed by atoms with Crippen LogP contribution in [0.15, 0.2) is 18.2 Å². The lowest BCUT2D eigenvalue weighted by Gasteiger charge is -2.08. The first-order valence-corrected chi connectivity index (χ1v) is 6.32. The van der Waals surface area contributed by atoms with Crippen LogP contribution in [0.4, 0.5) is 10.5 Å². The van der Waals surface area contributed by atoms with Gasteiger partial charge in [-0.25, -0.2) is 4.79 Å². The van der Waals surface area contributed by atoms with E-state index in [0.29, 0.717) is 17.3 Å². The van der Waals surface area contributed by atoms with Crippen LogP contribution in [0.2, 0.25) is 5.02 Å². The fraction of sp³-hybridized carbons (Fsp3) is 0.462. The Morgan fingerprint density at radius 1 is 1.35 bits per heavy atom. The molecule has 0 spiro atoms. The zero-order chi connectivity index (χ0) is 12.7. The summed E-state index contributed by atoms with van der Waals surface area (Å²) in [5, 5.41) is 6.22. The summed E-state index contributed by atoms with van der Waals surface area (Å²) < 4.78 is 0. The minimum Gasteiger partial charge on any atom is -0.338 e. The van der Waals surface area contributed by atoms with Gasteiger partial charge in [-0.2, -0.15) is 0 Å². The second-order valence-electron chi connectivity index (χ2n) is 4.05. The molecule has 0 heterocycles. The number of carbonyl (C=O) groups excluding carboxylic acids is 1. The van der Waals surface area contributed by atoms with Crippen molar-refractivity contribution in [1.82, 2.24) is 5.32 Å². The fourth-order valence-corrected chi connectivity index (χ4v) is 1.60. The van der Waals surface area contributed by atoms with Crippen molar-refractivity contribution in [2.45, 2.75) is 33.1 Å². The molecule has 2 amide bonds. The first-order valence-electron chi connectivity index (χ1n) is 5.94. The zero-order valence-corrected chi connectivity index (χ0v) is 11.1. The van der Waals surface area contributed by atoms with Crippen LogP contribution < -0.4 is 10.6 Å². The molecule has 4 heteroatoms. The molecule has 0 unspecified atom stereocenters. The first kappa shape index (κ1) is 13.8. The zero-order valence-electron chi connectivity index (χ0n) is 10.3. The molecule has 0 aliphatic rings. The standard InChI is InChI=1S/C13H19ClN2O/c1-3-4-5-8-15-13(17)16-11-7-6-10(2)12(14)9-11/h6-7,9H,3-5,8H2,1-2H3,(H2,15,16,17). The maximum Gasteiger partial charge on any atom is 0.319 e. The van der Waals surface area contributed by atoms with E-state index in [0.717, 1.165) is 24.8 Å². The molecule has 1 aromatic rings. The van der Waals surface area contributed by atoms with Crippen molar-refractivity contribution in [3.05, 3.63) is 28.8 Å². The van der Waals surface area contributed by atoms with Crippen LogP contribution in [0.25, 0.3) is 0 Å². The Hall–Kier alpha value is -1.22. The number of carbonyl (C=O) groups is 1. The highest BCUT2D eigenvalue weighted by Crippen LogP contribution is 2.19. The molecule has 0 saturated carbocycles. The molecule has 0 atom stereocenters. The van der Waals surface area contributed by atoms with Crippen molar-refractivity contribution < 1.29 is 4.79 Å². The summed E-state index contributed by atoms with van der Waals surface area (Å²) in [4.78, 5) is 11.5. The molecule has 0 aliphatic carbocycles. The average molecular weight is 255 g/mol. The Kier molecular flexibility index (Phi) is 5.84. The molecular formula is C13H19ClN2O. The summed E-state index contributed by atoms with van der Waals surface area (Å²) in [5.41, 5.74) is 1.72. The predicted octanol–water partition coefficient (Wildman–Crippen LogP) is 3.96. The topological polar surface area (TPSA) is 41.1 Å². The molecule has 0 aliphatic heterocycles. The molecule has 0 fully saturated rings. The summed E-state index contributed by atoms with van der Waals surface area (Å²) in [6.07, 6.45) is 3.30. The Morgan fingerprint density at radius 2 is 2.12 bits per heavy atom. The van der Waals surface area contributed by atoms with E-state index in [1.165, 1.54) is 0 Å². The number of hydrogen-bond acceptors (Lipinski definition) is 1. The second-order valence-corrected chi connectivity index (χ2v) is 4.46. The summed E-state index contributed by atoms with van der Waals surface area (Å²) in [7, 11) is 0. The van der Waals surface area contributed by atoms with E-state index < -0.39 is 0 Å². The normalized spacial score (nSPS) is 10.1. The number of nitrogens with one attached hydrogen (secondary N) is 2. The number of halogens is 1. The quantitative estimate of drug-likeness (QED) is 0.768. The van der Waals surface area contributed by atoms with Gasteiger partial charge >= 0.3 is 6.03 Å². The summed E-state index contributed by atoms with van der Waals surface area (Å²) in [6.45, 7) is 4.77. The number of benzene rings is 1. The highest BCUT2D eigenvalue weighted by atomic mass is 35.5. The van der Waals surface area contributed by atoms with Crippen molar-refractivity contribution in [1.29, 1.82) is 0 Å². The van der Waals surface area contributed by atoms with Gasteiger partial charge in [0, 0.05) is 17.3 Å². The third kappa shape index (κ3) is 5.09. The lowest BCUT2D eigenvalue weighted by Crippen LogP contribution is -2.29. The Bertz CT molecular complexity index is 380. The molecule has 0 bridgehead atoms. The Morgan fingerprint density at radius 3 is 2.76 bits per heavy atom. The summed E-state index contributed by atoms with van der Waals surface area (Å²) in [5.74, 6) is 0. The molecule has 17 heavy (non-hydrogen) atoms. The van der Waals surface area contributed by atoms with Crippen LogP contribution in [0.3, 0.4) is 0 Å². The van der Waals surface area contributed by atoms with Gasteiger partial charge in [0.05, 0.1) is 0 Å². The molecular weight excluding hydrogens is 236 g/mol. The van der Waals surface area contributed by atoms with E-state index in [-0.39, 0.29) is 6.03 Å². The molecule has 1 rings (SSSR count). The minimum atomic E-state index is -0.180. The van der Waals surface area contributed by atoms with Gasteiger partial charge in [-0.1, -0.05) is 37.4 Å². The van der Waals surface area contributed by atoms with Crippen LogP contribution in [-0.4, -0.2) is 12.6 Å². The van der Waals surface area contributed by atoms with Crippen molar-refractivity contribution in [2.24, 2.45) is 0 Å². The summed E-state index contributed by atoms with van der Waals surface area (Å²) >= 11 is 5.97. The van der Waals surface area contributed by atoms with Crippen molar-refractivity contribution in [2.75, 3.05) is 11.9 Å². The van der Waals surface area contributed by atoms with E-state index in [1.54, 1.807) is 6.07 Å². The van der Waals surface area contributed by atoms with Gasteiger partial charge in [-0.05, 0) is 31.0 Å². The van der Waals surface area contributed by atoms with Crippen molar-refractivity contribution in [3.63, 3.8) is 0 Å². The van der Waals surface area contributed by atoms with Crippen molar-refractivity contribution in [3.8, 4) is 0 Å². The highest BCUT2D eigenvalue weighted by molar-refractivity contribution is 6.31. The van der Waals surface area contributed by atoms with Gasteiger partial charge in [0.15, 0.2) is 0 Å². The third-order valence-corrected chi connectivity index (χ3v) is 2.90. The number of anilines is 1. The average Bonchev–Trinajstić information content (AvgIpc) is 2.30. The third-order valence-electron chi connectivity index (χ3n) is 2.50. The minimum absolute atomic E-state index is 0.180. The maximum absolute atomic E-state index is 11.5. The van der Waals surface area contributed by atoms with Gasteiger partial charge in [-0.15, -0.1) is 0 Å². The fourth-order valence-electron chi connectivity index (χ4n) is 1.42. The van der Waals surface area contributed by atoms with Gasteiger partial charge in [0.1, 0.15) is 0 Å². The predicted molar refractivity (Wildman–Crippen MR) is 72.7 cm³/mol. The van der Waals surface area contributed by atoms with Gasteiger partial charge in [-0.3, -0.25) is 0 Å². The van der Waals surface area contributed by atoms with Crippen LogP contribution in [0.5, 0.6) is 0 Å². The Balaban J connectivity index is 2.37. The first-order chi connectivity index (χ1) is 8.13. The van der Waals surface area contributed by atoms with Crippen molar-refractivity contribution >= 4 is 23.3 Å². The number of urea groups is 1. The van der Waals surface area contributed by atoms with E-state index in [4.69, 9.17) is 11.6 Å². The van der Waals surface area contributed by atoms with Crippen LogP contribution in [0, 0.1) is 6.92 Å². The maximum atomic E-state index is 11.5. The van der Waals surface area contributed by atoms with Crippen LogP contribution in [0.1, 0.15) is 31.7 Å². The second kappa shape index (κ2) is 7.17. The van der Waals surface area contributed by atoms with E-state index >= 15 is 0 Å². The smallest absolute Gasteiger partial charge is 0.319 e. The molecule has 2 N–H and O–H groups in total. The van der Waals surface area contributed by atoms with Crippen LogP contribution in [-0.2, 0) is 0 Å². The number of aryl methyl sites for hydroxylation is 1. The monoisotopic (exact) mass is 254 g/mol. The molecule has 3 nitrogen and oxygen atoms in total. The van der Waals surface area contributed by atoms with Gasteiger partial charge in [0.2, 0.25) is 0 Å². The summed E-state index contributed by atoms with van der Waals surface area (Å²) in [6, 6.07) is 5.30. The van der Waals surface area contributed by atoms with E-state index in [9.17, 15) is 4.79 Å². The van der Waals surface area contributed by atoms with Gasteiger partial charge < -0.3 is 10.6 Å². The molecule has 0 radical (unpaired) electrons. The van der Waals surface area contributed by atoms with E-state index in [1.807, 2.05) is 19.1 Å². The molecule has 0 aromatic heterocycles. The van der Waals surface area contributed by atoms with Crippen LogP contribution >= 0.6 is 11.6 Å². The lowest BCUT2D eigenvalue weighted by molar-refractivity contribution is 0.252. The van der Waals surface area contributed by atoms with E-state index in [2.05, 4.69) is 17.6 Å². The number of rotatable bonds is 5. The van der Waals surface area contributed by atoms with Gasteiger partial charge in [0.25, 0.3) is 0 Å². The molecule has 94 valence electrons. The molecule has 0 saturated heterocycles. The number of unbranched alkanes of at least 4 members (excludes halogenated alkanes) is 2. The number of hydrogen-bond donors (Lipinski definition) is 2. The molecule has 1 aromatic carbocycles. The largest absolute Gasteiger partial charge is 0.338 e.